The number of carbonyl (C=O) groups is 1. The summed E-state index contributed by atoms with van der Waals surface area (Å²) in [7, 11) is 0. The van der Waals surface area contributed by atoms with E-state index < -0.39 is 11.5 Å². The Balaban J connectivity index is 2.82. The summed E-state index contributed by atoms with van der Waals surface area (Å²) in [6, 6.07) is 10.3. The molecule has 2 aromatic rings. The number of aromatic carboxylic acids is 1. The molecule has 1 aromatic heterocycles. The van der Waals surface area contributed by atoms with Gasteiger partial charge in [0.2, 0.25) is 0 Å². The topological polar surface area (TPSA) is 59.3 Å². The number of hydrogen-bond acceptors (Lipinski definition) is 2. The van der Waals surface area contributed by atoms with Crippen molar-refractivity contribution < 1.29 is 9.90 Å². The summed E-state index contributed by atoms with van der Waals surface area (Å²) in [6.45, 7) is 1.75. The zero-order valence-corrected chi connectivity index (χ0v) is 11.1. The average molecular weight is 308 g/mol. The lowest BCUT2D eigenvalue weighted by Gasteiger charge is -2.12. The van der Waals surface area contributed by atoms with Gasteiger partial charge < -0.3 is 5.11 Å². The van der Waals surface area contributed by atoms with Crippen LogP contribution in [0.15, 0.2) is 45.7 Å². The first-order valence-electron chi connectivity index (χ1n) is 5.23. The number of aromatic nitrogens is 1. The third-order valence-electron chi connectivity index (χ3n) is 2.63. The molecule has 0 atom stereocenters. The van der Waals surface area contributed by atoms with E-state index in [2.05, 4.69) is 15.9 Å². The lowest BCUT2D eigenvalue weighted by atomic mass is 10.2. The Hall–Kier alpha value is -1.88. The van der Waals surface area contributed by atoms with E-state index >= 15 is 0 Å². The van der Waals surface area contributed by atoms with Crippen molar-refractivity contribution in [3.05, 3.63) is 62.5 Å². The number of pyridine rings is 1. The summed E-state index contributed by atoms with van der Waals surface area (Å²) in [5.74, 6) is -1.23. The Bertz CT molecular complexity index is 662. The van der Waals surface area contributed by atoms with Crippen molar-refractivity contribution in [2.24, 2.45) is 0 Å². The fourth-order valence-corrected chi connectivity index (χ4v) is 2.12. The maximum atomic E-state index is 12.1. The zero-order valence-electron chi connectivity index (χ0n) is 9.55. The first-order valence-corrected chi connectivity index (χ1v) is 6.02. The summed E-state index contributed by atoms with van der Waals surface area (Å²) >= 11 is 3.27. The van der Waals surface area contributed by atoms with Gasteiger partial charge >= 0.3 is 5.97 Å². The molecule has 0 fully saturated rings. The van der Waals surface area contributed by atoms with Gasteiger partial charge in [-0.1, -0.05) is 18.2 Å². The molecule has 4 nitrogen and oxygen atoms in total. The fraction of sp³-hybridized carbons (Fsp3) is 0.0769. The molecule has 1 heterocycles. The van der Waals surface area contributed by atoms with Gasteiger partial charge in [0.15, 0.2) is 0 Å². The van der Waals surface area contributed by atoms with Gasteiger partial charge in [0, 0.05) is 15.9 Å². The second kappa shape index (κ2) is 4.78. The Morgan fingerprint density at radius 1 is 1.28 bits per heavy atom. The highest BCUT2D eigenvalue weighted by Crippen LogP contribution is 2.18. The van der Waals surface area contributed by atoms with E-state index in [4.69, 9.17) is 5.11 Å². The van der Waals surface area contributed by atoms with Crippen LogP contribution in [0.5, 0.6) is 0 Å². The zero-order chi connectivity index (χ0) is 13.3. The molecule has 0 aliphatic heterocycles. The van der Waals surface area contributed by atoms with Crippen LogP contribution in [0.25, 0.3) is 5.69 Å². The van der Waals surface area contributed by atoms with Gasteiger partial charge in [-0.2, -0.15) is 0 Å². The molecule has 0 bridgehead atoms. The quantitative estimate of drug-likeness (QED) is 0.927. The van der Waals surface area contributed by atoms with E-state index in [1.807, 2.05) is 6.07 Å². The van der Waals surface area contributed by atoms with E-state index in [0.29, 0.717) is 15.9 Å². The molecule has 0 unspecified atom stereocenters. The van der Waals surface area contributed by atoms with Crippen molar-refractivity contribution >= 4 is 21.9 Å². The highest BCUT2D eigenvalue weighted by Gasteiger charge is 2.16. The number of hydrogen-bond donors (Lipinski definition) is 1. The van der Waals surface area contributed by atoms with Crippen molar-refractivity contribution in [2.75, 3.05) is 0 Å². The molecule has 2 rings (SSSR count). The molecule has 0 amide bonds. The van der Waals surface area contributed by atoms with Crippen LogP contribution in [0.4, 0.5) is 0 Å². The third-order valence-corrected chi connectivity index (χ3v) is 3.43. The Labute approximate surface area is 112 Å². The molecular formula is C13H10BrNO3. The molecular weight excluding hydrogens is 298 g/mol. The number of rotatable bonds is 2. The number of nitrogens with zero attached hydrogens (tertiary/aromatic N) is 1. The molecule has 0 spiro atoms. The van der Waals surface area contributed by atoms with Crippen molar-refractivity contribution in [3.63, 3.8) is 0 Å². The van der Waals surface area contributed by atoms with Crippen molar-refractivity contribution in [2.45, 2.75) is 6.92 Å². The summed E-state index contributed by atoms with van der Waals surface area (Å²) in [5, 5.41) is 9.02. The lowest BCUT2D eigenvalue weighted by molar-refractivity contribution is 0.0694. The van der Waals surface area contributed by atoms with Crippen molar-refractivity contribution in [3.8, 4) is 5.69 Å². The largest absolute Gasteiger partial charge is 0.477 e. The van der Waals surface area contributed by atoms with Gasteiger partial charge in [0.1, 0.15) is 5.56 Å². The van der Waals surface area contributed by atoms with Crippen molar-refractivity contribution in [1.82, 2.24) is 4.57 Å². The summed E-state index contributed by atoms with van der Waals surface area (Å²) in [6.07, 6.45) is 0. The minimum absolute atomic E-state index is 0.253. The van der Waals surface area contributed by atoms with Crippen LogP contribution in [0.2, 0.25) is 0 Å². The first kappa shape index (κ1) is 12.6. The molecule has 0 saturated heterocycles. The number of carboxylic acids is 1. The number of carboxylic acid groups (broad SMARTS) is 1. The SMILES string of the molecule is Cc1c(Br)cc(C(=O)O)c(=O)n1-c1ccccc1. The minimum Gasteiger partial charge on any atom is -0.477 e. The Kier molecular flexibility index (Phi) is 3.34. The molecule has 0 aliphatic rings. The second-order valence-corrected chi connectivity index (χ2v) is 4.63. The van der Waals surface area contributed by atoms with Gasteiger partial charge in [-0.3, -0.25) is 9.36 Å². The molecule has 1 aromatic carbocycles. The lowest BCUT2D eigenvalue weighted by Crippen LogP contribution is -2.27. The van der Waals surface area contributed by atoms with Gasteiger partial charge in [0.25, 0.3) is 5.56 Å². The monoisotopic (exact) mass is 307 g/mol. The van der Waals surface area contributed by atoms with Crippen LogP contribution in [-0.4, -0.2) is 15.6 Å². The van der Waals surface area contributed by atoms with Gasteiger partial charge in [0.05, 0.1) is 0 Å². The molecule has 18 heavy (non-hydrogen) atoms. The van der Waals surface area contributed by atoms with Crippen molar-refractivity contribution in [1.29, 1.82) is 0 Å². The molecule has 0 saturated carbocycles. The van der Waals surface area contributed by atoms with E-state index in [9.17, 15) is 9.59 Å². The number of halogens is 1. The van der Waals surface area contributed by atoms with Gasteiger partial charge in [-0.15, -0.1) is 0 Å². The van der Waals surface area contributed by atoms with Gasteiger partial charge in [-0.05, 0) is 41.1 Å². The standard InChI is InChI=1S/C13H10BrNO3/c1-8-11(14)7-10(13(17)18)12(16)15(8)9-5-3-2-4-6-9/h2-7H,1H3,(H,17,18). The van der Waals surface area contributed by atoms with Crippen LogP contribution < -0.4 is 5.56 Å². The average Bonchev–Trinajstić information content (AvgIpc) is 2.35. The first-order chi connectivity index (χ1) is 8.52. The number of para-hydroxylation sites is 1. The maximum Gasteiger partial charge on any atom is 0.341 e. The Morgan fingerprint density at radius 3 is 2.44 bits per heavy atom. The summed E-state index contributed by atoms with van der Waals surface area (Å²) in [4.78, 5) is 23.2. The fourth-order valence-electron chi connectivity index (χ4n) is 1.71. The Morgan fingerprint density at radius 2 is 1.89 bits per heavy atom. The van der Waals surface area contributed by atoms with Crippen LogP contribution in [0.3, 0.4) is 0 Å². The van der Waals surface area contributed by atoms with E-state index in [0.717, 1.165) is 0 Å². The van der Waals surface area contributed by atoms with Gasteiger partial charge in [-0.25, -0.2) is 4.79 Å². The highest BCUT2D eigenvalue weighted by atomic mass is 79.9. The second-order valence-electron chi connectivity index (χ2n) is 3.77. The van der Waals surface area contributed by atoms with E-state index in [1.165, 1.54) is 10.6 Å². The van der Waals surface area contributed by atoms with E-state index in [1.54, 1.807) is 31.2 Å². The van der Waals surface area contributed by atoms with Crippen LogP contribution >= 0.6 is 15.9 Å². The molecule has 5 heteroatoms. The smallest absolute Gasteiger partial charge is 0.341 e. The highest BCUT2D eigenvalue weighted by molar-refractivity contribution is 9.10. The van der Waals surface area contributed by atoms with Crippen LogP contribution in [0.1, 0.15) is 16.1 Å². The van der Waals surface area contributed by atoms with Crippen LogP contribution in [0, 0.1) is 6.92 Å². The predicted molar refractivity (Wildman–Crippen MR) is 71.4 cm³/mol. The molecule has 0 radical (unpaired) electrons. The predicted octanol–water partition coefficient (Wildman–Crippen LogP) is 2.61. The number of benzene rings is 1. The maximum absolute atomic E-state index is 12.1. The minimum atomic E-state index is -1.23. The molecule has 0 aliphatic carbocycles. The normalized spacial score (nSPS) is 10.3. The molecule has 1 N–H and O–H groups in total. The molecule has 92 valence electrons. The van der Waals surface area contributed by atoms with Crippen LogP contribution in [-0.2, 0) is 0 Å². The third kappa shape index (κ3) is 2.09. The summed E-state index contributed by atoms with van der Waals surface area (Å²) in [5.41, 5.74) is 0.519. The van der Waals surface area contributed by atoms with E-state index in [-0.39, 0.29) is 5.56 Å². The summed E-state index contributed by atoms with van der Waals surface area (Å²) < 4.78 is 1.97.